The summed E-state index contributed by atoms with van der Waals surface area (Å²) in [4.78, 5) is 16.0. The van der Waals surface area contributed by atoms with Gasteiger partial charge in [0.05, 0.1) is 56.8 Å². The van der Waals surface area contributed by atoms with Gasteiger partial charge in [0.25, 0.3) is 0 Å². The Morgan fingerprint density at radius 2 is 0.711 bits per heavy atom. The highest BCUT2D eigenvalue weighted by Crippen LogP contribution is 2.41. The van der Waals surface area contributed by atoms with Crippen molar-refractivity contribution < 1.29 is 119 Å². The Balaban J connectivity index is 0.000000468. The van der Waals surface area contributed by atoms with Gasteiger partial charge in [0, 0.05) is 5.56 Å². The lowest BCUT2D eigenvalue weighted by Crippen LogP contribution is -2.75. The fourth-order valence-corrected chi connectivity index (χ4v) is 7.82. The van der Waals surface area contributed by atoms with Crippen molar-refractivity contribution in [2.45, 2.75) is 75.9 Å². The summed E-state index contributed by atoms with van der Waals surface area (Å²) in [5, 5.41) is 0. The van der Waals surface area contributed by atoms with Crippen molar-refractivity contribution >= 4 is 34.0 Å². The average Bonchev–Trinajstić information content (AvgIpc) is 3.27. The molecule has 0 aliphatic heterocycles. The zero-order chi connectivity index (χ0) is 57.6. The SMILES string of the molecule is CC(C)OC(=O)c1cncc[n+]1Cc1ccccc1.FC(F)(F)c1cc([B-](c2cc(C(F)(F)F)cc(C(F)(F)F)c2)(c2cc(C(F)(F)F)cc(C(F)(F)F)c2)c2cc(C(F)(F)F)cc(C(F)(F)F)c2)cc(C(F)(F)F)c1. The largest absolute Gasteiger partial charge is 0.455 e. The van der Waals surface area contributed by atoms with Crippen LogP contribution in [0.5, 0.6) is 0 Å². The van der Waals surface area contributed by atoms with Crippen LogP contribution in [-0.2, 0) is 60.7 Å². The maximum atomic E-state index is 14.2. The minimum Gasteiger partial charge on any atom is -0.455 e. The maximum absolute atomic E-state index is 14.2. The summed E-state index contributed by atoms with van der Waals surface area (Å²) < 4.78 is 348. The van der Waals surface area contributed by atoms with E-state index in [0.29, 0.717) is 12.2 Å². The summed E-state index contributed by atoms with van der Waals surface area (Å²) in [6.07, 6.45) is -50.0. The number of benzene rings is 5. The molecule has 0 saturated heterocycles. The molecule has 6 aromatic rings. The zero-order valence-corrected chi connectivity index (χ0v) is 37.7. The molecule has 1 aromatic heterocycles. The van der Waals surface area contributed by atoms with Crippen LogP contribution in [0.15, 0.2) is 122 Å². The van der Waals surface area contributed by atoms with E-state index in [0.717, 1.165) is 5.56 Å². The smallest absolute Gasteiger partial charge is 0.416 e. The van der Waals surface area contributed by atoms with Crippen LogP contribution < -0.4 is 26.4 Å². The van der Waals surface area contributed by atoms with E-state index in [1.165, 1.54) is 6.20 Å². The molecule has 0 aliphatic carbocycles. The number of halogens is 24. The Morgan fingerprint density at radius 1 is 0.447 bits per heavy atom. The van der Waals surface area contributed by atoms with E-state index in [9.17, 15) is 110 Å². The van der Waals surface area contributed by atoms with Gasteiger partial charge in [-0.25, -0.2) is 4.79 Å². The second kappa shape index (κ2) is 20.9. The van der Waals surface area contributed by atoms with Crippen molar-refractivity contribution in [2.24, 2.45) is 0 Å². The Kier molecular flexibility index (Phi) is 16.5. The third kappa shape index (κ3) is 14.1. The molecule has 0 N–H and O–H groups in total. The molecule has 6 rings (SSSR count). The summed E-state index contributed by atoms with van der Waals surface area (Å²) >= 11 is 0. The van der Waals surface area contributed by atoms with Crippen molar-refractivity contribution in [3.05, 3.63) is 177 Å². The third-order valence-electron chi connectivity index (χ3n) is 11.0. The second-order valence-electron chi connectivity index (χ2n) is 16.8. The van der Waals surface area contributed by atoms with E-state index in [2.05, 4.69) is 4.98 Å². The molecular formula is C47H29BF24N2O2. The number of hydrogen-bond donors (Lipinski definition) is 0. The number of rotatable bonds is 8. The molecule has 0 amide bonds. The molecule has 0 spiro atoms. The quantitative estimate of drug-likeness (QED) is 0.0660. The number of hydrogen-bond acceptors (Lipinski definition) is 3. The summed E-state index contributed by atoms with van der Waals surface area (Å²) in [5.41, 5.74) is -28.6. The number of carbonyl (C=O) groups is 1. The molecule has 76 heavy (non-hydrogen) atoms. The second-order valence-corrected chi connectivity index (χ2v) is 16.8. The Labute approximate surface area is 411 Å². The van der Waals surface area contributed by atoms with Crippen LogP contribution in [-0.4, -0.2) is 23.2 Å². The van der Waals surface area contributed by atoms with Crippen LogP contribution in [0.25, 0.3) is 0 Å². The first-order valence-corrected chi connectivity index (χ1v) is 20.9. The van der Waals surface area contributed by atoms with Crippen molar-refractivity contribution in [3.8, 4) is 0 Å². The first kappa shape index (κ1) is 59.9. The Bertz CT molecular complexity index is 2600. The molecule has 4 nitrogen and oxygen atoms in total. The van der Waals surface area contributed by atoms with Gasteiger partial charge in [-0.3, -0.25) is 4.98 Å². The minimum atomic E-state index is -6.13. The fraction of sp³-hybridized carbons (Fsp3) is 0.255. The Hall–Kier alpha value is -6.97. The van der Waals surface area contributed by atoms with Gasteiger partial charge in [0.1, 0.15) is 12.3 Å². The van der Waals surface area contributed by atoms with E-state index in [-0.39, 0.29) is 12.1 Å². The minimum absolute atomic E-state index is 0.141. The van der Waals surface area contributed by atoms with Gasteiger partial charge >= 0.3 is 61.1 Å². The van der Waals surface area contributed by atoms with Gasteiger partial charge < -0.3 is 4.74 Å². The van der Waals surface area contributed by atoms with Gasteiger partial charge in [-0.2, -0.15) is 132 Å². The van der Waals surface area contributed by atoms with Gasteiger partial charge in [0.15, 0.2) is 12.7 Å². The molecular weight excluding hydrogens is 1090 g/mol. The average molecular weight is 1120 g/mol. The predicted molar refractivity (Wildman–Crippen MR) is 221 cm³/mol. The molecule has 0 aliphatic rings. The molecule has 1 heterocycles. The van der Waals surface area contributed by atoms with Crippen LogP contribution in [0.3, 0.4) is 0 Å². The van der Waals surface area contributed by atoms with Gasteiger partial charge in [-0.1, -0.05) is 78.9 Å². The number of aromatic nitrogens is 2. The lowest BCUT2D eigenvalue weighted by atomic mass is 9.12. The number of carbonyl (C=O) groups excluding carboxylic acids is 1. The highest BCUT2D eigenvalue weighted by atomic mass is 19.4. The van der Waals surface area contributed by atoms with E-state index in [1.54, 1.807) is 12.4 Å². The van der Waals surface area contributed by atoms with Crippen molar-refractivity contribution in [3.63, 3.8) is 0 Å². The molecule has 5 aromatic carbocycles. The first-order valence-electron chi connectivity index (χ1n) is 20.9. The molecule has 0 atom stereocenters. The number of nitrogens with zero attached hydrogens (tertiary/aromatic N) is 2. The van der Waals surface area contributed by atoms with Crippen LogP contribution in [0.1, 0.15) is 74.4 Å². The normalized spacial score (nSPS) is 13.4. The zero-order valence-electron chi connectivity index (χ0n) is 37.7. The summed E-state index contributed by atoms with van der Waals surface area (Å²) in [6.45, 7) is 4.28. The fourth-order valence-electron chi connectivity index (χ4n) is 7.82. The summed E-state index contributed by atoms with van der Waals surface area (Å²) in [7, 11) is 0. The lowest BCUT2D eigenvalue weighted by molar-refractivity contribution is -0.691. The van der Waals surface area contributed by atoms with Gasteiger partial charge in [-0.15, -0.1) is 0 Å². The monoisotopic (exact) mass is 1120 g/mol. The van der Waals surface area contributed by atoms with Crippen LogP contribution in [0, 0.1) is 0 Å². The standard InChI is InChI=1S/C32H12BF24.C15H17N2O2/c34-25(35,36)13-1-14(26(37,38)39)6-21(5-13)33(22-7-15(27(40,41)42)2-16(8-22)28(43,44)45,23-9-17(29(46,47)48)3-18(10-23)30(49,50)51)24-11-19(31(52,53)54)4-20(12-24)32(55,56)57;1-12(2)19-15(18)14-10-16-8-9-17(14)11-13-6-4-3-5-7-13/h1-12H;3-10,12H,11H2,1-2H3/q-1;+1. The van der Waals surface area contributed by atoms with Crippen molar-refractivity contribution in [1.82, 2.24) is 4.98 Å². The molecule has 0 radical (unpaired) electrons. The lowest BCUT2D eigenvalue weighted by Gasteiger charge is -2.46. The predicted octanol–water partition coefficient (Wildman–Crippen LogP) is 13.2. The first-order chi connectivity index (χ1) is 34.4. The molecule has 0 saturated carbocycles. The molecule has 0 fully saturated rings. The van der Waals surface area contributed by atoms with Gasteiger partial charge in [0.2, 0.25) is 0 Å². The summed E-state index contributed by atoms with van der Waals surface area (Å²) in [5.74, 6) is -0.348. The molecule has 0 unspecified atom stereocenters. The van der Waals surface area contributed by atoms with Gasteiger partial charge in [-0.05, 0) is 38.1 Å². The summed E-state index contributed by atoms with van der Waals surface area (Å²) in [6, 6.07) is 1.15. The number of esters is 1. The van der Waals surface area contributed by atoms with Crippen LogP contribution in [0.4, 0.5) is 105 Å². The van der Waals surface area contributed by atoms with Crippen molar-refractivity contribution in [1.29, 1.82) is 0 Å². The van der Waals surface area contributed by atoms with E-state index in [1.807, 2.05) is 48.7 Å². The third-order valence-corrected chi connectivity index (χ3v) is 11.0. The topological polar surface area (TPSA) is 43.1 Å². The van der Waals surface area contributed by atoms with E-state index >= 15 is 0 Å². The maximum Gasteiger partial charge on any atom is 0.416 e. The van der Waals surface area contributed by atoms with E-state index < -0.39 is 195 Å². The molecule has 29 heteroatoms. The highest BCUT2D eigenvalue weighted by Gasteiger charge is 2.47. The number of ether oxygens (including phenoxy) is 1. The Morgan fingerprint density at radius 3 is 0.947 bits per heavy atom. The highest BCUT2D eigenvalue weighted by molar-refractivity contribution is 7.20. The van der Waals surface area contributed by atoms with Crippen LogP contribution >= 0.6 is 0 Å². The van der Waals surface area contributed by atoms with Crippen molar-refractivity contribution in [2.75, 3.05) is 0 Å². The van der Waals surface area contributed by atoms with Crippen LogP contribution in [0.2, 0.25) is 0 Å². The molecule has 410 valence electrons. The van der Waals surface area contributed by atoms with E-state index in [4.69, 9.17) is 4.74 Å². The molecule has 0 bridgehead atoms. The number of alkyl halides is 24.